The van der Waals surface area contributed by atoms with Crippen LogP contribution in [0.25, 0.3) is 0 Å². The number of amides is 2. The lowest BCUT2D eigenvalue weighted by atomic mass is 10.1. The molecule has 7 nitrogen and oxygen atoms in total. The Labute approximate surface area is 197 Å². The standard InChI is InChI=1S/C25H26N2O5S/c28-23(26-11-3-4-12-26)15-27-20-14-17(25(30)32-16-18-6-5-13-31-18)9-10-22(20)33-21-8-2-1-7-19(21)24(27)29/h1-2,7-10,14,18H,3-6,11-13,15-16H2. The molecule has 3 heterocycles. The zero-order valence-electron chi connectivity index (χ0n) is 18.3. The van der Waals surface area contributed by atoms with Crippen LogP contribution in [-0.4, -0.2) is 61.6 Å². The fourth-order valence-corrected chi connectivity index (χ4v) is 5.49. The number of likely N-dealkylation sites (tertiary alicyclic amines) is 1. The smallest absolute Gasteiger partial charge is 0.338 e. The second-order valence-corrected chi connectivity index (χ2v) is 9.58. The maximum absolute atomic E-state index is 13.5. The summed E-state index contributed by atoms with van der Waals surface area (Å²) >= 11 is 1.46. The topological polar surface area (TPSA) is 76.2 Å². The van der Waals surface area contributed by atoms with Gasteiger partial charge in [-0.15, -0.1) is 0 Å². The van der Waals surface area contributed by atoms with Crippen LogP contribution in [0, 0.1) is 0 Å². The van der Waals surface area contributed by atoms with E-state index in [0.29, 0.717) is 36.5 Å². The molecule has 1 atom stereocenters. The summed E-state index contributed by atoms with van der Waals surface area (Å²) in [6.45, 7) is 2.28. The van der Waals surface area contributed by atoms with Crippen LogP contribution in [0.3, 0.4) is 0 Å². The summed E-state index contributed by atoms with van der Waals surface area (Å²) < 4.78 is 11.0. The fourth-order valence-electron chi connectivity index (χ4n) is 4.43. The van der Waals surface area contributed by atoms with Crippen molar-refractivity contribution in [3.05, 3.63) is 53.6 Å². The Balaban J connectivity index is 1.45. The summed E-state index contributed by atoms with van der Waals surface area (Å²) in [5, 5.41) is 0. The van der Waals surface area contributed by atoms with Crippen molar-refractivity contribution in [2.24, 2.45) is 0 Å². The van der Waals surface area contributed by atoms with Crippen LogP contribution >= 0.6 is 11.8 Å². The third-order valence-electron chi connectivity index (χ3n) is 6.24. The van der Waals surface area contributed by atoms with Crippen molar-refractivity contribution in [2.45, 2.75) is 41.6 Å². The molecule has 3 aliphatic heterocycles. The normalized spacial score (nSPS) is 19.8. The van der Waals surface area contributed by atoms with Gasteiger partial charge in [-0.25, -0.2) is 4.79 Å². The average molecular weight is 467 g/mol. The first-order chi connectivity index (χ1) is 16.1. The minimum Gasteiger partial charge on any atom is -0.459 e. The number of hydrogen-bond donors (Lipinski definition) is 0. The van der Waals surface area contributed by atoms with E-state index in [1.165, 1.54) is 16.7 Å². The lowest BCUT2D eigenvalue weighted by Crippen LogP contribution is -2.42. The van der Waals surface area contributed by atoms with Crippen LogP contribution in [-0.2, 0) is 14.3 Å². The van der Waals surface area contributed by atoms with E-state index in [9.17, 15) is 14.4 Å². The van der Waals surface area contributed by atoms with E-state index in [0.717, 1.165) is 35.5 Å². The van der Waals surface area contributed by atoms with E-state index >= 15 is 0 Å². The van der Waals surface area contributed by atoms with E-state index in [-0.39, 0.29) is 31.1 Å². The fraction of sp³-hybridized carbons (Fsp3) is 0.400. The number of carbonyl (C=O) groups is 3. The van der Waals surface area contributed by atoms with Gasteiger partial charge in [-0.2, -0.15) is 0 Å². The Morgan fingerprint density at radius 2 is 1.88 bits per heavy atom. The SMILES string of the molecule is O=C(OCC1CCCO1)c1ccc2c(c1)N(CC(=O)N1CCCC1)C(=O)c1ccccc1S2. The van der Waals surface area contributed by atoms with Gasteiger partial charge in [0, 0.05) is 29.5 Å². The highest BCUT2D eigenvalue weighted by molar-refractivity contribution is 7.99. The summed E-state index contributed by atoms with van der Waals surface area (Å²) in [7, 11) is 0. The van der Waals surface area contributed by atoms with Gasteiger partial charge in [-0.3, -0.25) is 14.5 Å². The van der Waals surface area contributed by atoms with Gasteiger partial charge in [0.05, 0.1) is 22.9 Å². The maximum atomic E-state index is 13.5. The highest BCUT2D eigenvalue weighted by Crippen LogP contribution is 2.41. The van der Waals surface area contributed by atoms with Crippen molar-refractivity contribution < 1.29 is 23.9 Å². The molecule has 8 heteroatoms. The predicted octanol–water partition coefficient (Wildman–Crippen LogP) is 3.76. The molecule has 0 spiro atoms. The van der Waals surface area contributed by atoms with Gasteiger partial charge >= 0.3 is 5.97 Å². The molecule has 5 rings (SSSR count). The highest BCUT2D eigenvalue weighted by atomic mass is 32.2. The summed E-state index contributed by atoms with van der Waals surface area (Å²) in [4.78, 5) is 44.2. The molecule has 2 saturated heterocycles. The molecule has 2 fully saturated rings. The maximum Gasteiger partial charge on any atom is 0.338 e. The molecule has 0 saturated carbocycles. The molecule has 2 amide bonds. The molecule has 2 aromatic rings. The Kier molecular flexibility index (Phi) is 6.37. The van der Waals surface area contributed by atoms with Gasteiger partial charge in [0.15, 0.2) is 0 Å². The number of rotatable bonds is 5. The molecule has 2 aromatic carbocycles. The summed E-state index contributed by atoms with van der Waals surface area (Å²) in [6.07, 6.45) is 3.76. The van der Waals surface area contributed by atoms with E-state index in [1.54, 1.807) is 23.1 Å². The van der Waals surface area contributed by atoms with E-state index in [2.05, 4.69) is 0 Å². The molecule has 0 bridgehead atoms. The van der Waals surface area contributed by atoms with Crippen molar-refractivity contribution in [2.75, 3.05) is 37.7 Å². The average Bonchev–Trinajstić information content (AvgIpc) is 3.54. The Hall–Kier alpha value is -2.84. The first-order valence-electron chi connectivity index (χ1n) is 11.4. The second kappa shape index (κ2) is 9.57. The third kappa shape index (κ3) is 4.63. The first-order valence-corrected chi connectivity index (χ1v) is 12.2. The second-order valence-electron chi connectivity index (χ2n) is 8.49. The van der Waals surface area contributed by atoms with E-state index < -0.39 is 5.97 Å². The van der Waals surface area contributed by atoms with Gasteiger partial charge in [0.1, 0.15) is 13.2 Å². The number of benzene rings is 2. The quantitative estimate of drug-likeness (QED) is 0.625. The van der Waals surface area contributed by atoms with E-state index in [4.69, 9.17) is 9.47 Å². The minimum atomic E-state index is -0.460. The zero-order chi connectivity index (χ0) is 22.8. The molecule has 0 aromatic heterocycles. The van der Waals surface area contributed by atoms with Crippen molar-refractivity contribution in [3.63, 3.8) is 0 Å². The monoisotopic (exact) mass is 466 g/mol. The van der Waals surface area contributed by atoms with Gasteiger partial charge in [0.25, 0.3) is 5.91 Å². The Bertz CT molecular complexity index is 1080. The van der Waals surface area contributed by atoms with Crippen LogP contribution in [0.5, 0.6) is 0 Å². The van der Waals surface area contributed by atoms with Crippen molar-refractivity contribution in [3.8, 4) is 0 Å². The number of hydrogen-bond acceptors (Lipinski definition) is 6. The number of nitrogens with zero attached hydrogens (tertiary/aromatic N) is 2. The molecule has 0 radical (unpaired) electrons. The van der Waals surface area contributed by atoms with Gasteiger partial charge in [0.2, 0.25) is 5.91 Å². The summed E-state index contributed by atoms with van der Waals surface area (Å²) in [5.74, 6) is -0.782. The lowest BCUT2D eigenvalue weighted by Gasteiger charge is -2.25. The molecular weight excluding hydrogens is 440 g/mol. The van der Waals surface area contributed by atoms with Crippen LogP contribution in [0.1, 0.15) is 46.4 Å². The highest BCUT2D eigenvalue weighted by Gasteiger charge is 2.31. The number of ether oxygens (including phenoxy) is 2. The Morgan fingerprint density at radius 3 is 2.67 bits per heavy atom. The first kappa shape index (κ1) is 22.0. The third-order valence-corrected chi connectivity index (χ3v) is 7.39. The van der Waals surface area contributed by atoms with Gasteiger partial charge in [-0.1, -0.05) is 23.9 Å². The summed E-state index contributed by atoms with van der Waals surface area (Å²) in [5.41, 5.74) is 1.46. The van der Waals surface area contributed by atoms with Crippen LogP contribution < -0.4 is 4.90 Å². The van der Waals surface area contributed by atoms with Crippen LogP contribution in [0.15, 0.2) is 52.3 Å². The van der Waals surface area contributed by atoms with Crippen LogP contribution in [0.2, 0.25) is 0 Å². The zero-order valence-corrected chi connectivity index (χ0v) is 19.1. The summed E-state index contributed by atoms with van der Waals surface area (Å²) in [6, 6.07) is 12.6. The lowest BCUT2D eigenvalue weighted by molar-refractivity contribution is -0.128. The van der Waals surface area contributed by atoms with Crippen molar-refractivity contribution in [1.82, 2.24) is 4.90 Å². The van der Waals surface area contributed by atoms with Crippen LogP contribution in [0.4, 0.5) is 5.69 Å². The number of fused-ring (bicyclic) bond motifs is 2. The molecule has 1 unspecified atom stereocenters. The van der Waals surface area contributed by atoms with E-state index in [1.807, 2.05) is 24.3 Å². The molecule has 0 N–H and O–H groups in total. The molecule has 0 aliphatic carbocycles. The molecule has 172 valence electrons. The number of anilines is 1. The molecule has 3 aliphatic rings. The predicted molar refractivity (Wildman–Crippen MR) is 124 cm³/mol. The van der Waals surface area contributed by atoms with Gasteiger partial charge in [-0.05, 0) is 56.0 Å². The van der Waals surface area contributed by atoms with Crippen molar-refractivity contribution in [1.29, 1.82) is 0 Å². The Morgan fingerprint density at radius 1 is 1.06 bits per heavy atom. The van der Waals surface area contributed by atoms with Crippen molar-refractivity contribution >= 4 is 35.2 Å². The number of carbonyl (C=O) groups excluding carboxylic acids is 3. The van der Waals surface area contributed by atoms with Gasteiger partial charge < -0.3 is 14.4 Å². The minimum absolute atomic E-state index is 0.0593. The molecular formula is C25H26N2O5S. The number of esters is 1. The molecule has 33 heavy (non-hydrogen) atoms. The largest absolute Gasteiger partial charge is 0.459 e.